The number of halogens is 3. The monoisotopic (exact) mass is 396 g/mol. The second-order valence-corrected chi connectivity index (χ2v) is 6.83. The zero-order valence-electron chi connectivity index (χ0n) is 11.5. The van der Waals surface area contributed by atoms with E-state index in [0.29, 0.717) is 24.9 Å². The molecule has 1 amide bonds. The molecule has 7 heteroatoms. The number of carbonyl (C=O) groups is 1. The van der Waals surface area contributed by atoms with Crippen LogP contribution >= 0.6 is 40.1 Å². The number of rotatable bonds is 5. The van der Waals surface area contributed by atoms with Crippen molar-refractivity contribution < 1.29 is 9.18 Å². The average Bonchev–Trinajstić information content (AvgIpc) is 2.44. The first kappa shape index (κ1) is 18.7. The lowest BCUT2D eigenvalue weighted by molar-refractivity contribution is -0.121. The van der Waals surface area contributed by atoms with Crippen LogP contribution in [0.4, 0.5) is 4.39 Å². The highest BCUT2D eigenvalue weighted by Crippen LogP contribution is 2.15. The quantitative estimate of drug-likeness (QED) is 0.803. The molecule has 1 saturated heterocycles. The summed E-state index contributed by atoms with van der Waals surface area (Å²) in [6, 6.07) is 5.12. The summed E-state index contributed by atoms with van der Waals surface area (Å²) in [4.78, 5) is 11.8. The van der Waals surface area contributed by atoms with Crippen LogP contribution in [0.1, 0.15) is 12.0 Å². The molecule has 1 atom stereocenters. The molecule has 1 fully saturated rings. The van der Waals surface area contributed by atoms with Crippen LogP contribution in [0.5, 0.6) is 0 Å². The number of thioether (sulfide) groups is 1. The molecular formula is C14H19BrClFN2OS. The molecule has 1 aliphatic heterocycles. The lowest BCUT2D eigenvalue weighted by atomic mass is 10.1. The van der Waals surface area contributed by atoms with Crippen LogP contribution in [0.25, 0.3) is 0 Å². The molecule has 1 aliphatic rings. The Bertz CT molecular complexity index is 472. The second kappa shape index (κ2) is 9.66. The smallest absolute Gasteiger partial charge is 0.221 e. The van der Waals surface area contributed by atoms with Gasteiger partial charge in [0.15, 0.2) is 0 Å². The lowest BCUT2D eigenvalue weighted by Crippen LogP contribution is -2.41. The van der Waals surface area contributed by atoms with Gasteiger partial charge in [0.1, 0.15) is 5.82 Å². The fraction of sp³-hybridized carbons (Fsp3) is 0.500. The first-order chi connectivity index (χ1) is 9.65. The van der Waals surface area contributed by atoms with Crippen molar-refractivity contribution in [3.63, 3.8) is 0 Å². The first-order valence-corrected chi connectivity index (χ1v) is 8.61. The van der Waals surface area contributed by atoms with E-state index in [2.05, 4.69) is 26.6 Å². The summed E-state index contributed by atoms with van der Waals surface area (Å²) in [6.07, 6.45) is 0.998. The minimum Gasteiger partial charge on any atom is -0.356 e. The van der Waals surface area contributed by atoms with Gasteiger partial charge in [-0.05, 0) is 30.2 Å². The van der Waals surface area contributed by atoms with Gasteiger partial charge in [0.25, 0.3) is 0 Å². The van der Waals surface area contributed by atoms with Gasteiger partial charge in [-0.3, -0.25) is 4.79 Å². The van der Waals surface area contributed by atoms with Crippen molar-refractivity contribution in [3.8, 4) is 0 Å². The second-order valence-electron chi connectivity index (χ2n) is 4.77. The van der Waals surface area contributed by atoms with Gasteiger partial charge in [-0.15, -0.1) is 12.4 Å². The van der Waals surface area contributed by atoms with Crippen LogP contribution in [0.2, 0.25) is 0 Å². The largest absolute Gasteiger partial charge is 0.356 e. The Hall–Kier alpha value is -0.300. The number of carbonyl (C=O) groups excluding carboxylic acids is 1. The molecule has 1 aromatic rings. The molecule has 3 nitrogen and oxygen atoms in total. The zero-order chi connectivity index (χ0) is 14.4. The standard InChI is InChI=1S/C14H18BrFN2OS.ClH/c15-11-1-2-13(16)10(7-11)3-4-18-14(19)8-12-9-20-6-5-17-12;/h1-2,7,12,17H,3-6,8-9H2,(H,18,19);1H. The van der Waals surface area contributed by atoms with E-state index in [9.17, 15) is 9.18 Å². The predicted molar refractivity (Wildman–Crippen MR) is 91.8 cm³/mol. The van der Waals surface area contributed by atoms with Gasteiger partial charge in [0.2, 0.25) is 5.91 Å². The number of benzene rings is 1. The summed E-state index contributed by atoms with van der Waals surface area (Å²) >= 11 is 5.19. The molecule has 1 heterocycles. The van der Waals surface area contributed by atoms with E-state index >= 15 is 0 Å². The molecule has 0 radical (unpaired) electrons. The fourth-order valence-electron chi connectivity index (χ4n) is 2.12. The fourth-order valence-corrected chi connectivity index (χ4v) is 3.48. The summed E-state index contributed by atoms with van der Waals surface area (Å²) in [6.45, 7) is 1.43. The van der Waals surface area contributed by atoms with Crippen LogP contribution in [0.15, 0.2) is 22.7 Å². The van der Waals surface area contributed by atoms with E-state index in [4.69, 9.17) is 0 Å². The van der Waals surface area contributed by atoms with Crippen molar-refractivity contribution in [2.75, 3.05) is 24.6 Å². The normalized spacial score (nSPS) is 17.9. The van der Waals surface area contributed by atoms with Gasteiger partial charge in [-0.1, -0.05) is 15.9 Å². The SMILES string of the molecule is Cl.O=C(CC1CSCCN1)NCCc1cc(Br)ccc1F. The first-order valence-electron chi connectivity index (χ1n) is 6.67. The van der Waals surface area contributed by atoms with E-state index < -0.39 is 0 Å². The zero-order valence-corrected chi connectivity index (χ0v) is 14.8. The van der Waals surface area contributed by atoms with Gasteiger partial charge >= 0.3 is 0 Å². The summed E-state index contributed by atoms with van der Waals surface area (Å²) in [5.74, 6) is 1.89. The molecule has 0 spiro atoms. The number of hydrogen-bond donors (Lipinski definition) is 2. The van der Waals surface area contributed by atoms with Gasteiger partial charge in [-0.25, -0.2) is 4.39 Å². The Morgan fingerprint density at radius 3 is 3.05 bits per heavy atom. The molecule has 2 rings (SSSR count). The van der Waals surface area contributed by atoms with Crippen LogP contribution in [-0.4, -0.2) is 36.5 Å². The van der Waals surface area contributed by atoms with Crippen molar-refractivity contribution in [2.45, 2.75) is 18.9 Å². The van der Waals surface area contributed by atoms with E-state index in [1.807, 2.05) is 11.8 Å². The highest BCUT2D eigenvalue weighted by atomic mass is 79.9. The van der Waals surface area contributed by atoms with Crippen molar-refractivity contribution in [1.82, 2.24) is 10.6 Å². The highest BCUT2D eigenvalue weighted by Gasteiger charge is 2.16. The number of hydrogen-bond acceptors (Lipinski definition) is 3. The van der Waals surface area contributed by atoms with Crippen molar-refractivity contribution in [3.05, 3.63) is 34.1 Å². The molecule has 1 unspecified atom stereocenters. The van der Waals surface area contributed by atoms with Crippen LogP contribution in [0.3, 0.4) is 0 Å². The highest BCUT2D eigenvalue weighted by molar-refractivity contribution is 9.10. The number of amides is 1. The Labute approximate surface area is 143 Å². The summed E-state index contributed by atoms with van der Waals surface area (Å²) in [5.41, 5.74) is 0.617. The number of nitrogens with one attached hydrogen (secondary N) is 2. The van der Waals surface area contributed by atoms with Crippen molar-refractivity contribution in [1.29, 1.82) is 0 Å². The van der Waals surface area contributed by atoms with E-state index in [1.54, 1.807) is 12.1 Å². The van der Waals surface area contributed by atoms with Crippen LogP contribution in [-0.2, 0) is 11.2 Å². The molecule has 0 saturated carbocycles. The minimum absolute atomic E-state index is 0. The molecule has 0 aliphatic carbocycles. The molecule has 21 heavy (non-hydrogen) atoms. The maximum absolute atomic E-state index is 13.5. The molecule has 0 bridgehead atoms. The Kier molecular flexibility index (Phi) is 8.63. The Morgan fingerprint density at radius 1 is 1.52 bits per heavy atom. The van der Waals surface area contributed by atoms with Crippen molar-refractivity contribution in [2.24, 2.45) is 0 Å². The van der Waals surface area contributed by atoms with Crippen LogP contribution < -0.4 is 10.6 Å². The molecule has 1 aromatic carbocycles. The van der Waals surface area contributed by atoms with Gasteiger partial charge in [0, 0.05) is 41.5 Å². The third kappa shape index (κ3) is 6.55. The lowest BCUT2D eigenvalue weighted by Gasteiger charge is -2.22. The summed E-state index contributed by atoms with van der Waals surface area (Å²) in [5, 5.41) is 6.18. The van der Waals surface area contributed by atoms with E-state index in [-0.39, 0.29) is 30.2 Å². The molecule has 0 aromatic heterocycles. The van der Waals surface area contributed by atoms with Crippen LogP contribution in [0, 0.1) is 5.82 Å². The van der Waals surface area contributed by atoms with E-state index in [0.717, 1.165) is 22.5 Å². The predicted octanol–water partition coefficient (Wildman–Crippen LogP) is 2.76. The Balaban J connectivity index is 0.00000220. The molecule has 2 N–H and O–H groups in total. The maximum Gasteiger partial charge on any atom is 0.221 e. The average molecular weight is 398 g/mol. The summed E-state index contributed by atoms with van der Waals surface area (Å²) in [7, 11) is 0. The van der Waals surface area contributed by atoms with Gasteiger partial charge in [0.05, 0.1) is 0 Å². The topological polar surface area (TPSA) is 41.1 Å². The summed E-state index contributed by atoms with van der Waals surface area (Å²) < 4.78 is 14.4. The van der Waals surface area contributed by atoms with E-state index in [1.165, 1.54) is 6.07 Å². The molecular weight excluding hydrogens is 379 g/mol. The minimum atomic E-state index is -0.229. The third-order valence-corrected chi connectivity index (χ3v) is 4.78. The molecule has 118 valence electrons. The Morgan fingerprint density at radius 2 is 2.33 bits per heavy atom. The third-order valence-electron chi connectivity index (χ3n) is 3.15. The maximum atomic E-state index is 13.5. The van der Waals surface area contributed by atoms with Crippen molar-refractivity contribution >= 4 is 46.0 Å². The van der Waals surface area contributed by atoms with Gasteiger partial charge < -0.3 is 10.6 Å². The van der Waals surface area contributed by atoms with Gasteiger partial charge in [-0.2, -0.15) is 11.8 Å².